The zero-order valence-corrected chi connectivity index (χ0v) is 11.0. The Labute approximate surface area is 107 Å². The quantitative estimate of drug-likeness (QED) is 0.605. The summed E-state index contributed by atoms with van der Waals surface area (Å²) in [5.74, 6) is -0.332. The van der Waals surface area contributed by atoms with Gasteiger partial charge in [-0.25, -0.2) is 4.79 Å². The van der Waals surface area contributed by atoms with E-state index in [2.05, 4.69) is 23.8 Å². The molecule has 0 radical (unpaired) electrons. The molecular weight excluding hydrogens is 228 g/mol. The van der Waals surface area contributed by atoms with Crippen molar-refractivity contribution in [2.75, 3.05) is 14.2 Å². The van der Waals surface area contributed by atoms with E-state index in [1.54, 1.807) is 7.11 Å². The van der Waals surface area contributed by atoms with Crippen LogP contribution < -0.4 is 0 Å². The van der Waals surface area contributed by atoms with Crippen molar-refractivity contribution in [3.05, 3.63) is 48.0 Å². The predicted octanol–water partition coefficient (Wildman–Crippen LogP) is 2.67. The number of carbonyl (C=O) groups excluding carboxylic acids is 1. The highest BCUT2D eigenvalue weighted by atomic mass is 16.5. The van der Waals surface area contributed by atoms with Gasteiger partial charge in [-0.1, -0.05) is 43.3 Å². The second-order valence-electron chi connectivity index (χ2n) is 4.85. The summed E-state index contributed by atoms with van der Waals surface area (Å²) in [5.41, 5.74) is 0.667. The molecule has 0 aliphatic heterocycles. The lowest BCUT2D eigenvalue weighted by molar-refractivity contribution is -0.134. The molecule has 96 valence electrons. The van der Waals surface area contributed by atoms with Crippen LogP contribution in [0.25, 0.3) is 0 Å². The number of esters is 1. The molecule has 2 rings (SSSR count). The van der Waals surface area contributed by atoms with Crippen molar-refractivity contribution in [3.8, 4) is 0 Å². The minimum Gasteiger partial charge on any atom is -0.466 e. The van der Waals surface area contributed by atoms with Crippen LogP contribution in [-0.4, -0.2) is 20.2 Å². The number of benzene rings is 1. The number of carbonyl (C=O) groups is 1. The summed E-state index contributed by atoms with van der Waals surface area (Å²) in [5, 5.41) is 0. The van der Waals surface area contributed by atoms with Gasteiger partial charge in [-0.3, -0.25) is 0 Å². The Hall–Kier alpha value is -1.61. The summed E-state index contributed by atoms with van der Waals surface area (Å²) < 4.78 is 10.3. The van der Waals surface area contributed by atoms with Crippen LogP contribution in [0.15, 0.2) is 42.5 Å². The molecule has 0 N–H and O–H groups in total. The van der Waals surface area contributed by atoms with Gasteiger partial charge in [0.1, 0.15) is 5.60 Å². The second-order valence-corrected chi connectivity index (χ2v) is 4.85. The first-order chi connectivity index (χ1) is 8.58. The first kappa shape index (κ1) is 12.8. The Morgan fingerprint density at radius 2 is 1.94 bits per heavy atom. The fourth-order valence-electron chi connectivity index (χ4n) is 2.55. The third-order valence-corrected chi connectivity index (χ3v) is 3.79. The number of methoxy groups -OCH3 is 2. The van der Waals surface area contributed by atoms with E-state index in [9.17, 15) is 4.79 Å². The Balaban J connectivity index is 2.24. The summed E-state index contributed by atoms with van der Waals surface area (Å²) in [7, 11) is 3.09. The molecule has 1 aromatic carbocycles. The molecule has 0 saturated heterocycles. The maximum absolute atomic E-state index is 11.2. The summed E-state index contributed by atoms with van der Waals surface area (Å²) >= 11 is 0. The van der Waals surface area contributed by atoms with Gasteiger partial charge >= 0.3 is 5.97 Å². The Morgan fingerprint density at radius 3 is 2.50 bits per heavy atom. The molecule has 18 heavy (non-hydrogen) atoms. The van der Waals surface area contributed by atoms with Gasteiger partial charge in [0.25, 0.3) is 0 Å². The maximum atomic E-state index is 11.2. The van der Waals surface area contributed by atoms with Crippen molar-refractivity contribution in [1.82, 2.24) is 0 Å². The van der Waals surface area contributed by atoms with Crippen LogP contribution in [0.4, 0.5) is 0 Å². The molecule has 1 aliphatic carbocycles. The molecule has 1 fully saturated rings. The van der Waals surface area contributed by atoms with Gasteiger partial charge < -0.3 is 9.47 Å². The lowest BCUT2D eigenvalue weighted by Crippen LogP contribution is -2.17. The lowest BCUT2D eigenvalue weighted by atomic mass is 9.97. The van der Waals surface area contributed by atoms with Crippen molar-refractivity contribution in [2.45, 2.75) is 18.9 Å². The van der Waals surface area contributed by atoms with Crippen molar-refractivity contribution < 1.29 is 14.3 Å². The van der Waals surface area contributed by atoms with Crippen LogP contribution >= 0.6 is 0 Å². The fraction of sp³-hybridized carbons (Fsp3) is 0.400. The predicted molar refractivity (Wildman–Crippen MR) is 69.0 cm³/mol. The highest BCUT2D eigenvalue weighted by Gasteiger charge is 2.64. The topological polar surface area (TPSA) is 35.5 Å². The van der Waals surface area contributed by atoms with Crippen molar-refractivity contribution >= 4 is 5.97 Å². The molecule has 0 bridgehead atoms. The first-order valence-corrected chi connectivity index (χ1v) is 5.96. The molecule has 1 aromatic rings. The second kappa shape index (κ2) is 4.58. The van der Waals surface area contributed by atoms with E-state index >= 15 is 0 Å². The third kappa shape index (κ3) is 1.95. The van der Waals surface area contributed by atoms with Crippen LogP contribution in [0.1, 0.15) is 18.9 Å². The lowest BCUT2D eigenvalue weighted by Gasteiger charge is -2.19. The molecule has 3 heteroatoms. The van der Waals surface area contributed by atoms with E-state index in [-0.39, 0.29) is 17.0 Å². The first-order valence-electron chi connectivity index (χ1n) is 5.96. The summed E-state index contributed by atoms with van der Waals surface area (Å²) in [6, 6.07) is 10.1. The van der Waals surface area contributed by atoms with E-state index in [4.69, 9.17) is 4.74 Å². The number of hydrogen-bond acceptors (Lipinski definition) is 3. The summed E-state index contributed by atoms with van der Waals surface area (Å²) in [6.45, 7) is 2.09. The highest BCUT2D eigenvalue weighted by molar-refractivity contribution is 5.82. The maximum Gasteiger partial charge on any atom is 0.330 e. The average molecular weight is 246 g/mol. The molecule has 3 nitrogen and oxygen atoms in total. The molecule has 0 aromatic heterocycles. The van der Waals surface area contributed by atoms with Gasteiger partial charge in [-0.15, -0.1) is 0 Å². The van der Waals surface area contributed by atoms with Crippen LogP contribution in [-0.2, 0) is 19.9 Å². The standard InChI is InChI=1S/C15H18O3/c1-14(10-9-13(16)17-2)11-15(14,18-3)12-7-5-4-6-8-12/h4-10H,11H2,1-3H3/b10-9+/t14-,15+/m0/s1. The van der Waals surface area contributed by atoms with Crippen molar-refractivity contribution in [3.63, 3.8) is 0 Å². The zero-order valence-electron chi connectivity index (χ0n) is 11.0. The fourth-order valence-corrected chi connectivity index (χ4v) is 2.55. The van der Waals surface area contributed by atoms with Gasteiger partial charge in [0.15, 0.2) is 0 Å². The van der Waals surface area contributed by atoms with Crippen molar-refractivity contribution in [2.24, 2.45) is 5.41 Å². The van der Waals surface area contributed by atoms with E-state index in [0.717, 1.165) is 12.0 Å². The van der Waals surface area contributed by atoms with Gasteiger partial charge in [-0.2, -0.15) is 0 Å². The van der Waals surface area contributed by atoms with Gasteiger partial charge in [0, 0.05) is 18.6 Å². The number of hydrogen-bond donors (Lipinski definition) is 0. The molecule has 2 atom stereocenters. The smallest absolute Gasteiger partial charge is 0.330 e. The molecular formula is C15H18O3. The number of rotatable bonds is 4. The molecule has 0 heterocycles. The van der Waals surface area contributed by atoms with Crippen LogP contribution in [0.3, 0.4) is 0 Å². The van der Waals surface area contributed by atoms with Gasteiger partial charge in [0.05, 0.1) is 7.11 Å². The SMILES string of the molecule is COC(=O)/C=C/[C@@]1(C)C[C@@]1(OC)c1ccccc1. The molecule has 0 spiro atoms. The molecule has 0 amide bonds. The molecule has 1 aliphatic rings. The number of ether oxygens (including phenoxy) is 2. The minimum absolute atomic E-state index is 0.155. The normalized spacial score (nSPS) is 30.4. The Bertz CT molecular complexity index is 466. The van der Waals surface area contributed by atoms with E-state index in [0.29, 0.717) is 0 Å². The largest absolute Gasteiger partial charge is 0.466 e. The Kier molecular flexibility index (Phi) is 3.26. The third-order valence-electron chi connectivity index (χ3n) is 3.79. The minimum atomic E-state index is -0.332. The monoisotopic (exact) mass is 246 g/mol. The molecule has 1 saturated carbocycles. The zero-order chi connectivity index (χ0) is 13.2. The molecule has 0 unspecified atom stereocenters. The van der Waals surface area contributed by atoms with Gasteiger partial charge in [-0.05, 0) is 12.0 Å². The van der Waals surface area contributed by atoms with Gasteiger partial charge in [0.2, 0.25) is 0 Å². The highest BCUT2D eigenvalue weighted by Crippen LogP contribution is 2.65. The summed E-state index contributed by atoms with van der Waals surface area (Å²) in [4.78, 5) is 11.2. The van der Waals surface area contributed by atoms with E-state index in [1.807, 2.05) is 24.3 Å². The summed E-state index contributed by atoms with van der Waals surface area (Å²) in [6.07, 6.45) is 4.23. The average Bonchev–Trinajstić information content (AvgIpc) is 3.04. The van der Waals surface area contributed by atoms with E-state index < -0.39 is 0 Å². The van der Waals surface area contributed by atoms with Crippen LogP contribution in [0.5, 0.6) is 0 Å². The van der Waals surface area contributed by atoms with Crippen molar-refractivity contribution in [1.29, 1.82) is 0 Å². The Morgan fingerprint density at radius 1 is 1.28 bits per heavy atom. The van der Waals surface area contributed by atoms with E-state index in [1.165, 1.54) is 13.2 Å². The van der Waals surface area contributed by atoms with Crippen LogP contribution in [0.2, 0.25) is 0 Å². The van der Waals surface area contributed by atoms with Crippen LogP contribution in [0, 0.1) is 5.41 Å².